The number of nitriles is 1. The van der Waals surface area contributed by atoms with Gasteiger partial charge in [0.15, 0.2) is 9.84 Å². The number of carbonyl (C=O) groups is 1. The van der Waals surface area contributed by atoms with E-state index in [4.69, 9.17) is 16.9 Å². The zero-order chi connectivity index (χ0) is 26.3. The summed E-state index contributed by atoms with van der Waals surface area (Å²) < 4.78 is 27.0. The molecule has 0 amide bonds. The number of halogens is 1. The predicted octanol–water partition coefficient (Wildman–Crippen LogP) is 2.67. The SMILES string of the molecule is CC(C)(C)N1CCN(c2ccc(S(=O)(=O)C3CCN(c4nc(C#N)ncc4C(=O)O)C3)c(Cl)c2)CC1. The summed E-state index contributed by atoms with van der Waals surface area (Å²) in [6, 6.07) is 6.86. The van der Waals surface area contributed by atoms with E-state index in [9.17, 15) is 18.3 Å². The highest BCUT2D eigenvalue weighted by Crippen LogP contribution is 2.34. The average molecular weight is 533 g/mol. The Morgan fingerprint density at radius 1 is 1.17 bits per heavy atom. The maximum absolute atomic E-state index is 13.5. The van der Waals surface area contributed by atoms with Crippen molar-refractivity contribution in [2.45, 2.75) is 42.9 Å². The molecule has 12 heteroatoms. The molecule has 0 aliphatic carbocycles. The number of hydrogen-bond donors (Lipinski definition) is 1. The first kappa shape index (κ1) is 26.1. The maximum atomic E-state index is 13.5. The second-order valence-corrected chi connectivity index (χ2v) is 12.6. The molecule has 3 heterocycles. The lowest BCUT2D eigenvalue weighted by molar-refractivity contribution is 0.0696. The van der Waals surface area contributed by atoms with Gasteiger partial charge in [0, 0.05) is 56.7 Å². The standard InChI is InChI=1S/C24H29ClN6O4S/c1-24(2,3)31-10-8-29(9-11-31)16-4-5-20(19(25)12-16)36(34,35)17-6-7-30(15-17)22-18(23(32)33)14-27-21(13-26)28-22/h4-5,12,14,17H,6-11,15H2,1-3H3,(H,32,33). The van der Waals surface area contributed by atoms with Crippen molar-refractivity contribution in [3.8, 4) is 6.07 Å². The molecular formula is C24H29ClN6O4S. The Morgan fingerprint density at radius 3 is 2.44 bits per heavy atom. The van der Waals surface area contributed by atoms with Crippen LogP contribution in [0.15, 0.2) is 29.3 Å². The highest BCUT2D eigenvalue weighted by Gasteiger charge is 2.37. The molecule has 36 heavy (non-hydrogen) atoms. The fourth-order valence-electron chi connectivity index (χ4n) is 4.72. The number of hydrogen-bond acceptors (Lipinski definition) is 9. The minimum absolute atomic E-state index is 0.0390. The van der Waals surface area contributed by atoms with Crippen molar-refractivity contribution in [3.63, 3.8) is 0 Å². The molecule has 192 valence electrons. The summed E-state index contributed by atoms with van der Waals surface area (Å²) in [7, 11) is -3.79. The van der Waals surface area contributed by atoms with Gasteiger partial charge in [0.05, 0.1) is 15.2 Å². The molecular weight excluding hydrogens is 504 g/mol. The van der Waals surface area contributed by atoms with Gasteiger partial charge in [0.2, 0.25) is 5.82 Å². The summed E-state index contributed by atoms with van der Waals surface area (Å²) in [6.07, 6.45) is 1.35. The Labute approximate surface area is 216 Å². The van der Waals surface area contributed by atoms with Crippen LogP contribution in [-0.4, -0.2) is 84.4 Å². The summed E-state index contributed by atoms with van der Waals surface area (Å²) in [5.74, 6) is -1.38. The van der Waals surface area contributed by atoms with Gasteiger partial charge >= 0.3 is 5.97 Å². The number of rotatable bonds is 5. The van der Waals surface area contributed by atoms with Crippen LogP contribution in [0.3, 0.4) is 0 Å². The number of nitrogens with zero attached hydrogens (tertiary/aromatic N) is 6. The first-order valence-corrected chi connectivity index (χ1v) is 13.6. The predicted molar refractivity (Wildman–Crippen MR) is 137 cm³/mol. The van der Waals surface area contributed by atoms with Gasteiger partial charge in [0.1, 0.15) is 17.5 Å². The van der Waals surface area contributed by atoms with Crippen LogP contribution in [0.25, 0.3) is 0 Å². The molecule has 0 bridgehead atoms. The largest absolute Gasteiger partial charge is 0.477 e. The highest BCUT2D eigenvalue weighted by atomic mass is 35.5. The van der Waals surface area contributed by atoms with Crippen LogP contribution < -0.4 is 9.80 Å². The van der Waals surface area contributed by atoms with Crippen LogP contribution >= 0.6 is 11.6 Å². The molecule has 2 saturated heterocycles. The van der Waals surface area contributed by atoms with Crippen molar-refractivity contribution < 1.29 is 18.3 Å². The lowest BCUT2D eigenvalue weighted by Crippen LogP contribution is -2.53. The number of benzene rings is 1. The van der Waals surface area contributed by atoms with Gasteiger partial charge in [-0.3, -0.25) is 4.90 Å². The number of anilines is 2. The summed E-state index contributed by atoms with van der Waals surface area (Å²) >= 11 is 6.51. The van der Waals surface area contributed by atoms with E-state index in [1.807, 2.05) is 0 Å². The van der Waals surface area contributed by atoms with Crippen LogP contribution in [0.1, 0.15) is 43.4 Å². The zero-order valence-corrected chi connectivity index (χ0v) is 22.1. The number of piperazine rings is 1. The van der Waals surface area contributed by atoms with E-state index in [1.54, 1.807) is 29.2 Å². The van der Waals surface area contributed by atoms with Crippen molar-refractivity contribution in [1.82, 2.24) is 14.9 Å². The molecule has 1 atom stereocenters. The maximum Gasteiger partial charge on any atom is 0.341 e. The van der Waals surface area contributed by atoms with Gasteiger partial charge in [-0.15, -0.1) is 0 Å². The van der Waals surface area contributed by atoms with Gasteiger partial charge in [-0.05, 0) is 45.4 Å². The molecule has 0 radical (unpaired) electrons. The lowest BCUT2D eigenvalue weighted by atomic mass is 10.0. The first-order chi connectivity index (χ1) is 16.9. The Morgan fingerprint density at radius 2 is 1.86 bits per heavy atom. The molecule has 1 aromatic carbocycles. The second kappa shape index (κ2) is 9.84. The van der Waals surface area contributed by atoms with Crippen LogP contribution in [-0.2, 0) is 9.84 Å². The fourth-order valence-corrected chi connectivity index (χ4v) is 6.96. The lowest BCUT2D eigenvalue weighted by Gasteiger charge is -2.43. The van der Waals surface area contributed by atoms with Crippen molar-refractivity contribution in [2.75, 3.05) is 49.1 Å². The minimum Gasteiger partial charge on any atom is -0.477 e. The highest BCUT2D eigenvalue weighted by molar-refractivity contribution is 7.92. The number of sulfone groups is 1. The van der Waals surface area contributed by atoms with Crippen LogP contribution in [0.5, 0.6) is 0 Å². The summed E-state index contributed by atoms with van der Waals surface area (Å²) in [4.78, 5) is 25.6. The summed E-state index contributed by atoms with van der Waals surface area (Å²) in [5, 5.41) is 18.0. The van der Waals surface area contributed by atoms with Crippen LogP contribution in [0.4, 0.5) is 11.5 Å². The number of aromatic nitrogens is 2. The molecule has 1 aromatic heterocycles. The molecule has 4 rings (SSSR count). The van der Waals surface area contributed by atoms with Gasteiger partial charge in [0.25, 0.3) is 0 Å². The molecule has 2 aromatic rings. The molecule has 0 saturated carbocycles. The molecule has 10 nitrogen and oxygen atoms in total. The number of carboxylic acids is 1. The van der Waals surface area contributed by atoms with Crippen LogP contribution in [0, 0.1) is 11.3 Å². The van der Waals surface area contributed by atoms with Gasteiger partial charge in [-0.2, -0.15) is 5.26 Å². The summed E-state index contributed by atoms with van der Waals surface area (Å²) in [5.41, 5.74) is 0.807. The van der Waals surface area contributed by atoms with E-state index in [0.717, 1.165) is 38.1 Å². The molecule has 2 aliphatic heterocycles. The Hall–Kier alpha value is -2.94. The Kier molecular flexibility index (Phi) is 7.14. The minimum atomic E-state index is -3.79. The number of aromatic carboxylic acids is 1. The summed E-state index contributed by atoms with van der Waals surface area (Å²) in [6.45, 7) is 10.4. The quantitative estimate of drug-likeness (QED) is 0.613. The zero-order valence-electron chi connectivity index (χ0n) is 20.5. The smallest absolute Gasteiger partial charge is 0.341 e. The van der Waals surface area contributed by atoms with Crippen molar-refractivity contribution in [1.29, 1.82) is 5.26 Å². The van der Waals surface area contributed by atoms with Crippen molar-refractivity contribution in [2.24, 2.45) is 0 Å². The van der Waals surface area contributed by atoms with Crippen LogP contribution in [0.2, 0.25) is 5.02 Å². The molecule has 2 fully saturated rings. The third kappa shape index (κ3) is 5.12. The Balaban J connectivity index is 1.51. The van der Waals surface area contributed by atoms with Gasteiger partial charge in [-0.1, -0.05) is 11.6 Å². The third-order valence-electron chi connectivity index (χ3n) is 6.80. The van der Waals surface area contributed by atoms with E-state index in [0.29, 0.717) is 0 Å². The number of carboxylic acid groups (broad SMARTS) is 1. The molecule has 1 N–H and O–H groups in total. The third-order valence-corrected chi connectivity index (χ3v) is 9.45. The Bertz CT molecular complexity index is 1310. The van der Waals surface area contributed by atoms with Crippen molar-refractivity contribution >= 4 is 38.9 Å². The second-order valence-electron chi connectivity index (χ2n) is 10.0. The van der Waals surface area contributed by atoms with Gasteiger partial charge < -0.3 is 14.9 Å². The average Bonchev–Trinajstić information content (AvgIpc) is 3.34. The van der Waals surface area contributed by atoms with E-state index in [2.05, 4.69) is 40.5 Å². The molecule has 2 aliphatic rings. The van der Waals surface area contributed by atoms with Crippen molar-refractivity contribution in [3.05, 3.63) is 40.8 Å². The van der Waals surface area contributed by atoms with E-state index in [1.165, 1.54) is 0 Å². The normalized spacial score (nSPS) is 19.4. The topological polar surface area (TPSA) is 131 Å². The molecule has 0 spiro atoms. The van der Waals surface area contributed by atoms with E-state index in [-0.39, 0.29) is 52.2 Å². The monoisotopic (exact) mass is 532 g/mol. The van der Waals surface area contributed by atoms with E-state index >= 15 is 0 Å². The molecule has 1 unspecified atom stereocenters. The van der Waals surface area contributed by atoms with E-state index < -0.39 is 21.1 Å². The van der Waals surface area contributed by atoms with Gasteiger partial charge in [-0.25, -0.2) is 23.2 Å². The first-order valence-electron chi connectivity index (χ1n) is 11.7. The fraction of sp³-hybridized carbons (Fsp3) is 0.500.